The van der Waals surface area contributed by atoms with E-state index in [1.54, 1.807) is 6.92 Å². The molecule has 3 atom stereocenters. The van der Waals surface area contributed by atoms with Crippen LogP contribution in [0.4, 0.5) is 5.69 Å². The Balaban J connectivity index is 2.24. The van der Waals surface area contributed by atoms with Crippen molar-refractivity contribution in [2.24, 2.45) is 0 Å². The molecule has 7 heteroatoms. The molecule has 1 aromatic rings. The van der Waals surface area contributed by atoms with E-state index in [0.717, 1.165) is 31.5 Å². The lowest BCUT2D eigenvalue weighted by molar-refractivity contribution is -0.139. The van der Waals surface area contributed by atoms with Crippen LogP contribution in [0.1, 0.15) is 66.4 Å². The summed E-state index contributed by atoms with van der Waals surface area (Å²) in [5.74, 6) is -0.441. The van der Waals surface area contributed by atoms with Gasteiger partial charge in [0.1, 0.15) is 0 Å². The molecule has 1 aromatic carbocycles. The third kappa shape index (κ3) is 7.84. The van der Waals surface area contributed by atoms with Crippen molar-refractivity contribution in [3.63, 3.8) is 0 Å². The molecule has 1 aliphatic rings. The van der Waals surface area contributed by atoms with E-state index in [1.807, 2.05) is 6.08 Å². The number of ether oxygens (including phenoxy) is 2. The molecule has 0 spiro atoms. The van der Waals surface area contributed by atoms with Gasteiger partial charge in [0, 0.05) is 43.9 Å². The highest BCUT2D eigenvalue weighted by molar-refractivity contribution is 5.89. The van der Waals surface area contributed by atoms with Gasteiger partial charge in [-0.2, -0.15) is 0 Å². The first kappa shape index (κ1) is 27.9. The van der Waals surface area contributed by atoms with Gasteiger partial charge in [-0.3, -0.25) is 4.79 Å². The van der Waals surface area contributed by atoms with Gasteiger partial charge in [-0.25, -0.2) is 4.79 Å². The fourth-order valence-electron chi connectivity index (χ4n) is 4.44. The first-order valence-corrected chi connectivity index (χ1v) is 12.7. The van der Waals surface area contributed by atoms with Gasteiger partial charge >= 0.3 is 5.97 Å². The molecule has 0 radical (unpaired) electrons. The second-order valence-corrected chi connectivity index (χ2v) is 8.71. The zero-order valence-electron chi connectivity index (χ0n) is 21.7. The van der Waals surface area contributed by atoms with Gasteiger partial charge in [0.2, 0.25) is 5.91 Å². The predicted molar refractivity (Wildman–Crippen MR) is 137 cm³/mol. The molecule has 190 valence electrons. The molecule has 0 bridgehead atoms. The molecular formula is C27H43N3O4. The molecule has 0 aliphatic heterocycles. The lowest BCUT2D eigenvalue weighted by atomic mass is 9.87. The number of carbonyl (C=O) groups is 2. The number of hydrogen-bond acceptors (Lipinski definition) is 6. The second-order valence-electron chi connectivity index (χ2n) is 8.71. The summed E-state index contributed by atoms with van der Waals surface area (Å²) in [6, 6.07) is 8.06. The zero-order chi connectivity index (χ0) is 25.1. The van der Waals surface area contributed by atoms with Gasteiger partial charge in [-0.1, -0.05) is 26.0 Å². The van der Waals surface area contributed by atoms with Crippen molar-refractivity contribution in [3.8, 4) is 0 Å². The Morgan fingerprint density at radius 1 is 1.06 bits per heavy atom. The van der Waals surface area contributed by atoms with E-state index in [9.17, 15) is 9.59 Å². The first-order chi connectivity index (χ1) is 16.4. The lowest BCUT2D eigenvalue weighted by Gasteiger charge is -2.39. The average molecular weight is 474 g/mol. The number of rotatable bonds is 13. The Morgan fingerprint density at radius 2 is 1.71 bits per heavy atom. The highest BCUT2D eigenvalue weighted by Crippen LogP contribution is 2.26. The lowest BCUT2D eigenvalue weighted by Crippen LogP contribution is -2.58. The summed E-state index contributed by atoms with van der Waals surface area (Å²) in [4.78, 5) is 27.0. The van der Waals surface area contributed by atoms with Gasteiger partial charge in [0.05, 0.1) is 24.9 Å². The minimum absolute atomic E-state index is 0.0484. The first-order valence-electron chi connectivity index (χ1n) is 12.7. The van der Waals surface area contributed by atoms with E-state index in [0.29, 0.717) is 25.1 Å². The van der Waals surface area contributed by atoms with Crippen molar-refractivity contribution in [2.75, 3.05) is 24.6 Å². The normalized spacial score (nSPS) is 20.1. The Bertz CT molecular complexity index is 801. The quantitative estimate of drug-likeness (QED) is 0.422. The molecule has 2 N–H and O–H groups in total. The molecule has 0 unspecified atom stereocenters. The number of carbonyl (C=O) groups excluding carboxylic acids is 2. The maximum atomic E-state index is 12.6. The van der Waals surface area contributed by atoms with E-state index >= 15 is 0 Å². The van der Waals surface area contributed by atoms with Crippen LogP contribution >= 0.6 is 0 Å². The molecule has 1 aliphatic carbocycles. The molecule has 2 rings (SSSR count). The van der Waals surface area contributed by atoms with Gasteiger partial charge in [0.25, 0.3) is 0 Å². The standard InChI is InChI=1S/C27H43N3O4/c1-7-23(8-2)34-25-17-21(27(32)33-11-5)16-24(26(25)29-19(6)31)28-18-20-12-14-22(15-13-20)30(9-3)10-4/h12-15,17,23-26,28H,7-11,16,18H2,1-6H3,(H,29,31)/t24-,25+,26+/m0/s1. The molecule has 7 nitrogen and oxygen atoms in total. The van der Waals surface area contributed by atoms with Crippen LogP contribution < -0.4 is 15.5 Å². The number of nitrogens with zero attached hydrogens (tertiary/aromatic N) is 1. The van der Waals surface area contributed by atoms with Gasteiger partial charge in [0.15, 0.2) is 0 Å². The SMILES string of the molecule is CCOC(=O)C1=C[C@@H](OC(CC)CC)[C@H](NC(C)=O)[C@@H](NCc2ccc(N(CC)CC)cc2)C1. The van der Waals surface area contributed by atoms with Crippen molar-refractivity contribution in [3.05, 3.63) is 41.5 Å². The molecule has 0 saturated carbocycles. The number of esters is 1. The zero-order valence-corrected chi connectivity index (χ0v) is 21.7. The Labute approximate surface area is 205 Å². The van der Waals surface area contributed by atoms with Crippen molar-refractivity contribution < 1.29 is 19.1 Å². The van der Waals surface area contributed by atoms with E-state index < -0.39 is 6.10 Å². The molecular weight excluding hydrogens is 430 g/mol. The maximum absolute atomic E-state index is 12.6. The van der Waals surface area contributed by atoms with Crippen molar-refractivity contribution in [2.45, 2.75) is 91.6 Å². The number of amides is 1. The minimum Gasteiger partial charge on any atom is -0.463 e. The molecule has 1 amide bonds. The summed E-state index contributed by atoms with van der Waals surface area (Å²) in [7, 11) is 0. The summed E-state index contributed by atoms with van der Waals surface area (Å²) in [5.41, 5.74) is 2.93. The highest BCUT2D eigenvalue weighted by atomic mass is 16.5. The van der Waals surface area contributed by atoms with Crippen LogP contribution in [0.25, 0.3) is 0 Å². The summed E-state index contributed by atoms with van der Waals surface area (Å²) >= 11 is 0. The van der Waals surface area contributed by atoms with Crippen LogP contribution in [0.3, 0.4) is 0 Å². The Kier molecular flexibility index (Phi) is 11.6. The van der Waals surface area contributed by atoms with Crippen LogP contribution in [-0.4, -0.2) is 55.9 Å². The van der Waals surface area contributed by atoms with Gasteiger partial charge in [-0.15, -0.1) is 0 Å². The van der Waals surface area contributed by atoms with Crippen LogP contribution in [-0.2, 0) is 25.6 Å². The van der Waals surface area contributed by atoms with Crippen molar-refractivity contribution in [1.29, 1.82) is 0 Å². The monoisotopic (exact) mass is 473 g/mol. The number of anilines is 1. The van der Waals surface area contributed by atoms with E-state index in [-0.39, 0.29) is 30.1 Å². The fourth-order valence-corrected chi connectivity index (χ4v) is 4.44. The molecule has 0 heterocycles. The van der Waals surface area contributed by atoms with Gasteiger partial charge < -0.3 is 25.0 Å². The predicted octanol–water partition coefficient (Wildman–Crippen LogP) is 3.96. The number of hydrogen-bond donors (Lipinski definition) is 2. The number of nitrogens with one attached hydrogen (secondary N) is 2. The summed E-state index contributed by atoms with van der Waals surface area (Å²) in [6.07, 6.45) is 3.66. The van der Waals surface area contributed by atoms with E-state index in [1.165, 1.54) is 12.6 Å². The molecule has 0 fully saturated rings. The summed E-state index contributed by atoms with van der Waals surface area (Å²) in [5, 5.41) is 6.65. The highest BCUT2D eigenvalue weighted by Gasteiger charge is 2.37. The second kappa shape index (κ2) is 14.1. The van der Waals surface area contributed by atoms with E-state index in [2.05, 4.69) is 67.5 Å². The summed E-state index contributed by atoms with van der Waals surface area (Å²) < 4.78 is 11.7. The molecule has 0 saturated heterocycles. The van der Waals surface area contributed by atoms with Crippen LogP contribution in [0.5, 0.6) is 0 Å². The minimum atomic E-state index is -0.413. The average Bonchev–Trinajstić information content (AvgIpc) is 2.83. The van der Waals surface area contributed by atoms with Crippen LogP contribution in [0.2, 0.25) is 0 Å². The van der Waals surface area contributed by atoms with Gasteiger partial charge in [-0.05, 0) is 63.8 Å². The van der Waals surface area contributed by atoms with Crippen molar-refractivity contribution in [1.82, 2.24) is 10.6 Å². The third-order valence-corrected chi connectivity index (χ3v) is 6.39. The number of benzene rings is 1. The van der Waals surface area contributed by atoms with Crippen LogP contribution in [0, 0.1) is 0 Å². The smallest absolute Gasteiger partial charge is 0.333 e. The largest absolute Gasteiger partial charge is 0.463 e. The maximum Gasteiger partial charge on any atom is 0.333 e. The third-order valence-electron chi connectivity index (χ3n) is 6.39. The molecule has 34 heavy (non-hydrogen) atoms. The summed E-state index contributed by atoms with van der Waals surface area (Å²) in [6.45, 7) is 14.7. The van der Waals surface area contributed by atoms with E-state index in [4.69, 9.17) is 9.47 Å². The fraction of sp³-hybridized carbons (Fsp3) is 0.630. The topological polar surface area (TPSA) is 79.9 Å². The Morgan fingerprint density at radius 3 is 2.24 bits per heavy atom. The van der Waals surface area contributed by atoms with Crippen molar-refractivity contribution >= 4 is 17.6 Å². The van der Waals surface area contributed by atoms with Crippen LogP contribution in [0.15, 0.2) is 35.9 Å². The Hall–Kier alpha value is -2.38. The molecule has 0 aromatic heterocycles.